The summed E-state index contributed by atoms with van der Waals surface area (Å²) in [6, 6.07) is 0. The molecule has 0 amide bonds. The fraction of sp³-hybridized carbons (Fsp3) is 0.800. The van der Waals surface area contributed by atoms with Crippen LogP contribution >= 0.6 is 0 Å². The van der Waals surface area contributed by atoms with E-state index in [1.165, 1.54) is 10.6 Å². The zero-order chi connectivity index (χ0) is 9.57. The van der Waals surface area contributed by atoms with Crippen molar-refractivity contribution in [1.82, 2.24) is 5.06 Å². The minimum Gasteiger partial charge on any atom is -0.140 e. The van der Waals surface area contributed by atoms with Crippen LogP contribution in [0.15, 0.2) is 11.6 Å². The first-order valence-corrected chi connectivity index (χ1v) is 4.41. The molecule has 0 fully saturated rings. The molecule has 0 atom stereocenters. The molecule has 0 saturated heterocycles. The Morgan fingerprint density at radius 1 is 1.33 bits per heavy atom. The van der Waals surface area contributed by atoms with Gasteiger partial charge in [0, 0.05) is 5.54 Å². The van der Waals surface area contributed by atoms with E-state index in [1.807, 2.05) is 27.7 Å². The van der Waals surface area contributed by atoms with Gasteiger partial charge in [-0.15, -0.1) is 10.3 Å². The zero-order valence-corrected chi connectivity index (χ0v) is 8.64. The van der Waals surface area contributed by atoms with Crippen LogP contribution in [-0.4, -0.2) is 16.1 Å². The van der Waals surface area contributed by atoms with E-state index in [4.69, 9.17) is 0 Å². The van der Waals surface area contributed by atoms with E-state index in [9.17, 15) is 5.21 Å². The third-order valence-corrected chi connectivity index (χ3v) is 2.38. The molecule has 1 radical (unpaired) electrons. The van der Waals surface area contributed by atoms with Gasteiger partial charge in [-0.3, -0.25) is 0 Å². The molecule has 2 nitrogen and oxygen atoms in total. The SMILES string of the molecule is CC1=CC(C)(C)N([O])C(C)(C)C1. The van der Waals surface area contributed by atoms with E-state index in [2.05, 4.69) is 13.0 Å². The van der Waals surface area contributed by atoms with Gasteiger partial charge in [-0.25, -0.2) is 0 Å². The second-order valence-electron chi connectivity index (χ2n) is 4.93. The van der Waals surface area contributed by atoms with Crippen LogP contribution in [0.5, 0.6) is 0 Å². The number of nitrogens with zero attached hydrogens (tertiary/aromatic N) is 1. The van der Waals surface area contributed by atoms with Crippen molar-refractivity contribution in [2.24, 2.45) is 0 Å². The van der Waals surface area contributed by atoms with E-state index in [0.29, 0.717) is 0 Å². The molecule has 1 heterocycles. The molecule has 0 N–H and O–H groups in total. The highest BCUT2D eigenvalue weighted by molar-refractivity contribution is 5.17. The van der Waals surface area contributed by atoms with Gasteiger partial charge < -0.3 is 0 Å². The fourth-order valence-corrected chi connectivity index (χ4v) is 2.25. The van der Waals surface area contributed by atoms with Crippen LogP contribution < -0.4 is 0 Å². The van der Waals surface area contributed by atoms with Crippen molar-refractivity contribution in [3.63, 3.8) is 0 Å². The first kappa shape index (κ1) is 9.75. The van der Waals surface area contributed by atoms with E-state index in [1.54, 1.807) is 0 Å². The van der Waals surface area contributed by atoms with Gasteiger partial charge in [0.15, 0.2) is 0 Å². The largest absolute Gasteiger partial charge is 0.140 e. The maximum absolute atomic E-state index is 11.8. The van der Waals surface area contributed by atoms with Gasteiger partial charge in [-0.1, -0.05) is 11.6 Å². The van der Waals surface area contributed by atoms with E-state index >= 15 is 0 Å². The Kier molecular flexibility index (Phi) is 2.09. The van der Waals surface area contributed by atoms with Crippen molar-refractivity contribution >= 4 is 0 Å². The molecule has 0 aliphatic carbocycles. The molecular weight excluding hydrogens is 150 g/mol. The van der Waals surface area contributed by atoms with Crippen molar-refractivity contribution in [2.45, 2.75) is 52.1 Å². The molecular formula is C10H18NO. The van der Waals surface area contributed by atoms with Crippen LogP contribution in [0.4, 0.5) is 0 Å². The van der Waals surface area contributed by atoms with Crippen molar-refractivity contribution in [1.29, 1.82) is 0 Å². The molecule has 69 valence electrons. The molecule has 0 spiro atoms. The van der Waals surface area contributed by atoms with Crippen molar-refractivity contribution in [3.8, 4) is 0 Å². The van der Waals surface area contributed by atoms with Gasteiger partial charge >= 0.3 is 0 Å². The summed E-state index contributed by atoms with van der Waals surface area (Å²) >= 11 is 0. The lowest BCUT2D eigenvalue weighted by atomic mass is 9.83. The molecule has 0 aromatic carbocycles. The van der Waals surface area contributed by atoms with Crippen molar-refractivity contribution < 1.29 is 5.21 Å². The third kappa shape index (κ3) is 1.54. The summed E-state index contributed by atoms with van der Waals surface area (Å²) in [5.41, 5.74) is 0.728. The molecule has 1 rings (SSSR count). The minimum absolute atomic E-state index is 0.248. The van der Waals surface area contributed by atoms with Gasteiger partial charge in [0.25, 0.3) is 0 Å². The Morgan fingerprint density at radius 3 is 2.25 bits per heavy atom. The Hall–Kier alpha value is -0.340. The molecule has 2 heteroatoms. The summed E-state index contributed by atoms with van der Waals surface area (Å²) in [4.78, 5) is 0. The average Bonchev–Trinajstić information content (AvgIpc) is 1.80. The summed E-state index contributed by atoms with van der Waals surface area (Å²) in [5, 5.41) is 13.0. The molecule has 12 heavy (non-hydrogen) atoms. The van der Waals surface area contributed by atoms with Gasteiger partial charge in [0.05, 0.1) is 5.54 Å². The normalized spacial score (nSPS) is 28.3. The molecule has 0 aromatic heterocycles. The maximum atomic E-state index is 11.8. The topological polar surface area (TPSA) is 23.1 Å². The van der Waals surface area contributed by atoms with Gasteiger partial charge in [-0.2, -0.15) is 0 Å². The highest BCUT2D eigenvalue weighted by Crippen LogP contribution is 2.35. The van der Waals surface area contributed by atoms with Crippen LogP contribution in [-0.2, 0) is 5.21 Å². The minimum atomic E-state index is -0.341. The van der Waals surface area contributed by atoms with Crippen LogP contribution in [0.3, 0.4) is 0 Å². The number of rotatable bonds is 0. The fourth-order valence-electron chi connectivity index (χ4n) is 2.25. The standard InChI is InChI=1S/C10H18NO/c1-8-6-9(2,3)11(12)10(4,5)7-8/h6H,7H2,1-5H3. The number of hydrogen-bond donors (Lipinski definition) is 0. The zero-order valence-electron chi connectivity index (χ0n) is 8.64. The maximum Gasteiger partial charge on any atom is 0.0625 e. The highest BCUT2D eigenvalue weighted by atomic mass is 16.5. The van der Waals surface area contributed by atoms with Crippen molar-refractivity contribution in [2.75, 3.05) is 0 Å². The first-order chi connectivity index (χ1) is 5.26. The van der Waals surface area contributed by atoms with Gasteiger partial charge in [0.1, 0.15) is 0 Å². The van der Waals surface area contributed by atoms with E-state index in [0.717, 1.165) is 6.42 Å². The second kappa shape index (κ2) is 2.57. The average molecular weight is 168 g/mol. The smallest absolute Gasteiger partial charge is 0.0625 e. The van der Waals surface area contributed by atoms with Crippen LogP contribution in [0.25, 0.3) is 0 Å². The summed E-state index contributed by atoms with van der Waals surface area (Å²) in [7, 11) is 0. The number of hydrogen-bond acceptors (Lipinski definition) is 1. The monoisotopic (exact) mass is 168 g/mol. The molecule has 0 bridgehead atoms. The van der Waals surface area contributed by atoms with Crippen LogP contribution in [0.2, 0.25) is 0 Å². The Balaban J connectivity index is 3.02. The third-order valence-electron chi connectivity index (χ3n) is 2.38. The quantitative estimate of drug-likeness (QED) is 0.510. The first-order valence-electron chi connectivity index (χ1n) is 4.41. The second-order valence-corrected chi connectivity index (χ2v) is 4.93. The summed E-state index contributed by atoms with van der Waals surface area (Å²) in [6.45, 7) is 10.0. The van der Waals surface area contributed by atoms with Gasteiger partial charge in [0.2, 0.25) is 0 Å². The van der Waals surface area contributed by atoms with Crippen molar-refractivity contribution in [3.05, 3.63) is 11.6 Å². The van der Waals surface area contributed by atoms with E-state index in [-0.39, 0.29) is 11.1 Å². The molecule has 0 unspecified atom stereocenters. The molecule has 1 aliphatic heterocycles. The predicted octanol–water partition coefficient (Wildman–Crippen LogP) is 2.54. The summed E-state index contributed by atoms with van der Waals surface area (Å²) in [5.74, 6) is 0. The van der Waals surface area contributed by atoms with Crippen LogP contribution in [0, 0.1) is 0 Å². The molecule has 0 saturated carbocycles. The summed E-state index contributed by atoms with van der Waals surface area (Å²) in [6.07, 6.45) is 2.94. The lowest BCUT2D eigenvalue weighted by Gasteiger charge is -2.44. The lowest BCUT2D eigenvalue weighted by Crippen LogP contribution is -2.54. The van der Waals surface area contributed by atoms with Crippen LogP contribution in [0.1, 0.15) is 41.0 Å². The highest BCUT2D eigenvalue weighted by Gasteiger charge is 2.40. The van der Waals surface area contributed by atoms with Gasteiger partial charge in [-0.05, 0) is 41.0 Å². The van der Waals surface area contributed by atoms with E-state index < -0.39 is 0 Å². The Morgan fingerprint density at radius 2 is 1.83 bits per heavy atom. The molecule has 1 aliphatic rings. The Labute approximate surface area is 74.8 Å². The molecule has 0 aromatic rings. The predicted molar refractivity (Wildman–Crippen MR) is 49.1 cm³/mol. The Bertz CT molecular complexity index is 216. The summed E-state index contributed by atoms with van der Waals surface area (Å²) < 4.78 is 0. The lowest BCUT2D eigenvalue weighted by molar-refractivity contribution is -0.263. The number of hydroxylamine groups is 2.